The molecule has 0 heterocycles. The Kier molecular flexibility index (Phi) is 4.51. The van der Waals surface area contributed by atoms with Crippen molar-refractivity contribution in [1.82, 2.24) is 0 Å². The molecule has 1 fully saturated rings. The Hall–Kier alpha value is -1.02. The van der Waals surface area contributed by atoms with Gasteiger partial charge in [-0.05, 0) is 42.9 Å². The number of nitrogens with two attached hydrogens (primary N) is 1. The molecule has 106 valence electrons. The summed E-state index contributed by atoms with van der Waals surface area (Å²) in [5, 5.41) is 0. The van der Waals surface area contributed by atoms with Gasteiger partial charge in [-0.25, -0.2) is 0 Å². The highest BCUT2D eigenvalue weighted by Gasteiger charge is 2.44. The zero-order chi connectivity index (χ0) is 13.9. The molecule has 2 atom stereocenters. The van der Waals surface area contributed by atoms with E-state index >= 15 is 0 Å². The molecule has 1 aromatic rings. The minimum Gasteiger partial charge on any atom is -0.367 e. The lowest BCUT2D eigenvalue weighted by Crippen LogP contribution is -2.55. The summed E-state index contributed by atoms with van der Waals surface area (Å²) in [6.45, 7) is 5.26. The molecule has 0 amide bonds. The summed E-state index contributed by atoms with van der Waals surface area (Å²) in [5.41, 5.74) is 9.07. The molecule has 2 N–H and O–H groups in total. The van der Waals surface area contributed by atoms with Crippen LogP contribution in [0.4, 0.5) is 5.69 Å². The van der Waals surface area contributed by atoms with Crippen molar-refractivity contribution in [1.29, 1.82) is 0 Å². The van der Waals surface area contributed by atoms with Crippen molar-refractivity contribution < 1.29 is 0 Å². The largest absolute Gasteiger partial charge is 0.367 e. The summed E-state index contributed by atoms with van der Waals surface area (Å²) in [5.74, 6) is 0.730. The molecule has 2 nitrogen and oxygen atoms in total. The molecule has 1 aliphatic rings. The van der Waals surface area contributed by atoms with Crippen molar-refractivity contribution in [3.63, 3.8) is 0 Å². The van der Waals surface area contributed by atoms with Gasteiger partial charge in [0.25, 0.3) is 0 Å². The number of hydrogen-bond acceptors (Lipinski definition) is 2. The van der Waals surface area contributed by atoms with E-state index in [4.69, 9.17) is 5.73 Å². The SMILES string of the molecule is CCc1ccc(N(C)C2(CN)CCCC2CC)cc1. The van der Waals surface area contributed by atoms with E-state index in [9.17, 15) is 0 Å². The molecular weight excluding hydrogens is 232 g/mol. The van der Waals surface area contributed by atoms with E-state index in [1.165, 1.54) is 36.9 Å². The molecule has 0 radical (unpaired) electrons. The van der Waals surface area contributed by atoms with Gasteiger partial charge in [0.2, 0.25) is 0 Å². The van der Waals surface area contributed by atoms with Gasteiger partial charge in [-0.1, -0.05) is 38.8 Å². The van der Waals surface area contributed by atoms with Gasteiger partial charge in [0.05, 0.1) is 5.54 Å². The summed E-state index contributed by atoms with van der Waals surface area (Å²) in [6, 6.07) is 8.99. The van der Waals surface area contributed by atoms with Gasteiger partial charge in [-0.2, -0.15) is 0 Å². The molecule has 2 unspecified atom stereocenters. The molecule has 1 aromatic carbocycles. The van der Waals surface area contributed by atoms with E-state index in [1.807, 2.05) is 0 Å². The number of anilines is 1. The maximum atomic E-state index is 6.19. The number of likely N-dealkylation sites (N-methyl/N-ethyl adjacent to an activating group) is 1. The third-order valence-electron chi connectivity index (χ3n) is 5.17. The van der Waals surface area contributed by atoms with Crippen LogP contribution in [-0.2, 0) is 6.42 Å². The van der Waals surface area contributed by atoms with Gasteiger partial charge in [0.15, 0.2) is 0 Å². The van der Waals surface area contributed by atoms with Crippen molar-refractivity contribution in [3.05, 3.63) is 29.8 Å². The Labute approximate surface area is 118 Å². The number of rotatable bonds is 5. The Bertz CT molecular complexity index is 398. The Morgan fingerprint density at radius 2 is 1.95 bits per heavy atom. The summed E-state index contributed by atoms with van der Waals surface area (Å²) in [7, 11) is 2.22. The van der Waals surface area contributed by atoms with E-state index < -0.39 is 0 Å². The summed E-state index contributed by atoms with van der Waals surface area (Å²) in [4.78, 5) is 2.45. The minimum atomic E-state index is 0.169. The maximum absolute atomic E-state index is 6.19. The van der Waals surface area contributed by atoms with Crippen LogP contribution in [0.5, 0.6) is 0 Å². The van der Waals surface area contributed by atoms with E-state index in [1.54, 1.807) is 0 Å². The first-order valence-electron chi connectivity index (χ1n) is 7.70. The van der Waals surface area contributed by atoms with Gasteiger partial charge in [0, 0.05) is 19.3 Å². The standard InChI is InChI=1S/C17H28N2/c1-4-14-8-10-16(11-9-14)19(3)17(13-18)12-6-7-15(17)5-2/h8-11,15H,4-7,12-13,18H2,1-3H3. The molecule has 0 bridgehead atoms. The molecule has 0 spiro atoms. The van der Waals surface area contributed by atoms with Crippen molar-refractivity contribution in [2.75, 3.05) is 18.5 Å². The number of hydrogen-bond donors (Lipinski definition) is 1. The lowest BCUT2D eigenvalue weighted by molar-refractivity contribution is 0.303. The molecule has 0 aliphatic heterocycles. The van der Waals surface area contributed by atoms with Crippen molar-refractivity contribution >= 4 is 5.69 Å². The van der Waals surface area contributed by atoms with Gasteiger partial charge in [-0.3, -0.25) is 0 Å². The maximum Gasteiger partial charge on any atom is 0.0548 e. The highest BCUT2D eigenvalue weighted by Crippen LogP contribution is 2.42. The molecule has 19 heavy (non-hydrogen) atoms. The van der Waals surface area contributed by atoms with E-state index in [0.29, 0.717) is 0 Å². The third kappa shape index (κ3) is 2.51. The highest BCUT2D eigenvalue weighted by molar-refractivity contribution is 5.50. The fraction of sp³-hybridized carbons (Fsp3) is 0.647. The quantitative estimate of drug-likeness (QED) is 0.876. The van der Waals surface area contributed by atoms with Crippen LogP contribution in [0.25, 0.3) is 0 Å². The lowest BCUT2D eigenvalue weighted by atomic mass is 9.83. The third-order valence-corrected chi connectivity index (χ3v) is 5.17. The average Bonchev–Trinajstić information content (AvgIpc) is 2.90. The van der Waals surface area contributed by atoms with Crippen LogP contribution in [0.1, 0.15) is 45.1 Å². The smallest absolute Gasteiger partial charge is 0.0548 e. The van der Waals surface area contributed by atoms with Crippen LogP contribution < -0.4 is 10.6 Å². The van der Waals surface area contributed by atoms with Crippen LogP contribution in [0, 0.1) is 5.92 Å². The van der Waals surface area contributed by atoms with E-state index in [2.05, 4.69) is 50.1 Å². The fourth-order valence-corrected chi connectivity index (χ4v) is 3.77. The topological polar surface area (TPSA) is 29.3 Å². The minimum absolute atomic E-state index is 0.169. The Balaban J connectivity index is 2.26. The van der Waals surface area contributed by atoms with E-state index in [0.717, 1.165) is 18.9 Å². The second-order valence-corrected chi connectivity index (χ2v) is 5.88. The van der Waals surface area contributed by atoms with E-state index in [-0.39, 0.29) is 5.54 Å². The second kappa shape index (κ2) is 5.96. The van der Waals surface area contributed by atoms with Crippen LogP contribution in [-0.4, -0.2) is 19.1 Å². The first kappa shape index (κ1) is 14.4. The fourth-order valence-electron chi connectivity index (χ4n) is 3.77. The van der Waals surface area contributed by atoms with Crippen LogP contribution in [0.3, 0.4) is 0 Å². The van der Waals surface area contributed by atoms with Gasteiger partial charge < -0.3 is 10.6 Å². The zero-order valence-corrected chi connectivity index (χ0v) is 12.7. The first-order valence-corrected chi connectivity index (χ1v) is 7.70. The summed E-state index contributed by atoms with van der Waals surface area (Å²) in [6.07, 6.45) is 6.20. The first-order chi connectivity index (χ1) is 9.17. The molecule has 2 rings (SSSR count). The number of benzene rings is 1. The predicted molar refractivity (Wildman–Crippen MR) is 83.6 cm³/mol. The zero-order valence-electron chi connectivity index (χ0n) is 12.7. The number of nitrogens with zero attached hydrogens (tertiary/aromatic N) is 1. The molecule has 2 heteroatoms. The monoisotopic (exact) mass is 260 g/mol. The lowest BCUT2D eigenvalue weighted by Gasteiger charge is -2.44. The van der Waals surface area contributed by atoms with Crippen LogP contribution in [0.2, 0.25) is 0 Å². The molecule has 1 aliphatic carbocycles. The van der Waals surface area contributed by atoms with Crippen molar-refractivity contribution in [2.45, 2.75) is 51.5 Å². The predicted octanol–water partition coefficient (Wildman–Crippen LogP) is 3.59. The summed E-state index contributed by atoms with van der Waals surface area (Å²) < 4.78 is 0. The molecule has 0 aromatic heterocycles. The van der Waals surface area contributed by atoms with Crippen LogP contribution in [0.15, 0.2) is 24.3 Å². The number of aryl methyl sites for hydroxylation is 1. The Morgan fingerprint density at radius 3 is 2.47 bits per heavy atom. The van der Waals surface area contributed by atoms with Gasteiger partial charge in [-0.15, -0.1) is 0 Å². The van der Waals surface area contributed by atoms with Crippen LogP contribution >= 0.6 is 0 Å². The Morgan fingerprint density at radius 1 is 1.26 bits per heavy atom. The highest BCUT2D eigenvalue weighted by atomic mass is 15.2. The summed E-state index contributed by atoms with van der Waals surface area (Å²) >= 11 is 0. The molecular formula is C17H28N2. The second-order valence-electron chi connectivity index (χ2n) is 5.88. The average molecular weight is 260 g/mol. The normalized spacial score (nSPS) is 26.6. The van der Waals surface area contributed by atoms with Crippen molar-refractivity contribution in [2.24, 2.45) is 11.7 Å². The molecule has 1 saturated carbocycles. The van der Waals surface area contributed by atoms with Crippen molar-refractivity contribution in [3.8, 4) is 0 Å². The van der Waals surface area contributed by atoms with Gasteiger partial charge >= 0.3 is 0 Å². The van der Waals surface area contributed by atoms with Gasteiger partial charge in [0.1, 0.15) is 0 Å². The molecule has 0 saturated heterocycles.